The van der Waals surface area contributed by atoms with Crippen LogP contribution in [0.5, 0.6) is 0 Å². The Morgan fingerprint density at radius 1 is 1.29 bits per heavy atom. The zero-order valence-electron chi connectivity index (χ0n) is 13.3. The average Bonchev–Trinajstić information content (AvgIpc) is 2.56. The van der Waals surface area contributed by atoms with E-state index in [-0.39, 0.29) is 17.5 Å². The first kappa shape index (κ1) is 15.4. The van der Waals surface area contributed by atoms with Gasteiger partial charge in [0.2, 0.25) is 5.91 Å². The molecule has 0 aromatic heterocycles. The molecule has 21 heavy (non-hydrogen) atoms. The Balaban J connectivity index is 2.06. The van der Waals surface area contributed by atoms with Crippen LogP contribution in [0.4, 0.5) is 10.5 Å². The van der Waals surface area contributed by atoms with Gasteiger partial charge in [-0.2, -0.15) is 0 Å². The first-order chi connectivity index (χ1) is 9.59. The molecule has 0 saturated carbocycles. The smallest absolute Gasteiger partial charge is 0.315 e. The average molecular weight is 289 g/mol. The first-order valence-corrected chi connectivity index (χ1v) is 7.10. The normalized spacial score (nSPS) is 16.1. The van der Waals surface area contributed by atoms with Crippen LogP contribution in [-0.2, 0) is 16.8 Å². The number of carbonyl (C=O) groups excluding carboxylic acids is 2. The lowest BCUT2D eigenvalue weighted by atomic mass is 9.85. The van der Waals surface area contributed by atoms with Crippen molar-refractivity contribution in [2.45, 2.75) is 52.1 Å². The molecule has 5 heteroatoms. The number of benzene rings is 1. The highest BCUT2D eigenvalue weighted by atomic mass is 16.2. The van der Waals surface area contributed by atoms with E-state index in [9.17, 15) is 9.59 Å². The molecule has 114 valence electrons. The highest BCUT2D eigenvalue weighted by Crippen LogP contribution is 2.37. The Labute approximate surface area is 125 Å². The van der Waals surface area contributed by atoms with Crippen LogP contribution in [0, 0.1) is 0 Å². The Kier molecular flexibility index (Phi) is 3.70. The van der Waals surface area contributed by atoms with Gasteiger partial charge in [-0.05, 0) is 51.8 Å². The molecule has 0 fully saturated rings. The lowest BCUT2D eigenvalue weighted by molar-refractivity contribution is -0.119. The summed E-state index contributed by atoms with van der Waals surface area (Å²) in [6.07, 6.45) is 0. The molecule has 0 unspecified atom stereocenters. The van der Waals surface area contributed by atoms with E-state index in [0.717, 1.165) is 16.8 Å². The van der Waals surface area contributed by atoms with E-state index >= 15 is 0 Å². The Morgan fingerprint density at radius 3 is 2.57 bits per heavy atom. The predicted molar refractivity (Wildman–Crippen MR) is 83.2 cm³/mol. The van der Waals surface area contributed by atoms with Gasteiger partial charge in [0.1, 0.15) is 0 Å². The van der Waals surface area contributed by atoms with Gasteiger partial charge in [-0.25, -0.2) is 4.79 Å². The Hall–Kier alpha value is -2.04. The monoisotopic (exact) mass is 289 g/mol. The molecule has 0 saturated heterocycles. The second-order valence-corrected chi connectivity index (χ2v) is 7.02. The van der Waals surface area contributed by atoms with Crippen LogP contribution < -0.4 is 16.0 Å². The van der Waals surface area contributed by atoms with Crippen molar-refractivity contribution < 1.29 is 9.59 Å². The van der Waals surface area contributed by atoms with Gasteiger partial charge in [-0.15, -0.1) is 0 Å². The molecule has 0 spiro atoms. The summed E-state index contributed by atoms with van der Waals surface area (Å²) in [5.41, 5.74) is 2.01. The lowest BCUT2D eigenvalue weighted by Gasteiger charge is -2.21. The SMILES string of the molecule is CC(C)(C)NC(=O)NCc1ccc2c(c1)C(C)(C)C(=O)N2. The molecule has 1 aromatic rings. The third-order valence-corrected chi connectivity index (χ3v) is 3.51. The first-order valence-electron chi connectivity index (χ1n) is 7.10. The van der Waals surface area contributed by atoms with Crippen molar-refractivity contribution in [2.75, 3.05) is 5.32 Å². The van der Waals surface area contributed by atoms with Crippen molar-refractivity contribution in [3.05, 3.63) is 29.3 Å². The topological polar surface area (TPSA) is 70.2 Å². The van der Waals surface area contributed by atoms with Gasteiger partial charge in [0, 0.05) is 17.8 Å². The van der Waals surface area contributed by atoms with E-state index in [1.165, 1.54) is 0 Å². The highest BCUT2D eigenvalue weighted by Gasteiger charge is 2.38. The summed E-state index contributed by atoms with van der Waals surface area (Å²) in [4.78, 5) is 23.7. The number of nitrogens with one attached hydrogen (secondary N) is 3. The van der Waals surface area contributed by atoms with Crippen LogP contribution in [0.25, 0.3) is 0 Å². The number of hydrogen-bond donors (Lipinski definition) is 3. The van der Waals surface area contributed by atoms with Crippen LogP contribution in [0.1, 0.15) is 45.7 Å². The molecule has 1 aliphatic heterocycles. The second-order valence-electron chi connectivity index (χ2n) is 7.02. The maximum Gasteiger partial charge on any atom is 0.315 e. The van der Waals surface area contributed by atoms with E-state index in [1.807, 2.05) is 52.8 Å². The van der Waals surface area contributed by atoms with Gasteiger partial charge in [0.15, 0.2) is 0 Å². The summed E-state index contributed by atoms with van der Waals surface area (Å²) in [6, 6.07) is 5.58. The summed E-state index contributed by atoms with van der Waals surface area (Å²) in [5, 5.41) is 8.55. The number of amides is 3. The van der Waals surface area contributed by atoms with E-state index in [1.54, 1.807) is 0 Å². The molecule has 1 aromatic carbocycles. The summed E-state index contributed by atoms with van der Waals surface area (Å²) in [7, 11) is 0. The molecule has 0 aliphatic carbocycles. The summed E-state index contributed by atoms with van der Waals surface area (Å²) >= 11 is 0. The third-order valence-electron chi connectivity index (χ3n) is 3.51. The fourth-order valence-corrected chi connectivity index (χ4v) is 2.30. The number of fused-ring (bicyclic) bond motifs is 1. The molecule has 5 nitrogen and oxygen atoms in total. The van der Waals surface area contributed by atoms with Gasteiger partial charge in [-0.1, -0.05) is 12.1 Å². The van der Waals surface area contributed by atoms with E-state index in [0.29, 0.717) is 6.54 Å². The van der Waals surface area contributed by atoms with Gasteiger partial charge in [0.05, 0.1) is 5.41 Å². The summed E-state index contributed by atoms with van der Waals surface area (Å²) in [6.45, 7) is 10.0. The minimum atomic E-state index is -0.529. The predicted octanol–water partition coefficient (Wildman–Crippen LogP) is 2.51. The van der Waals surface area contributed by atoms with Gasteiger partial charge in [-0.3, -0.25) is 4.79 Å². The van der Waals surface area contributed by atoms with Crippen molar-refractivity contribution in [3.63, 3.8) is 0 Å². The van der Waals surface area contributed by atoms with Gasteiger partial charge < -0.3 is 16.0 Å². The van der Waals surface area contributed by atoms with Gasteiger partial charge in [0.25, 0.3) is 0 Å². The second kappa shape index (κ2) is 5.06. The largest absolute Gasteiger partial charge is 0.334 e. The standard InChI is InChI=1S/C16H23N3O2/c1-15(2,3)19-14(21)17-9-10-6-7-12-11(8-10)16(4,5)13(20)18-12/h6-8H,9H2,1-5H3,(H,18,20)(H2,17,19,21). The van der Waals surface area contributed by atoms with E-state index in [2.05, 4.69) is 16.0 Å². The minimum Gasteiger partial charge on any atom is -0.334 e. The Bertz CT molecular complexity index is 586. The van der Waals surface area contributed by atoms with Crippen molar-refractivity contribution in [2.24, 2.45) is 0 Å². The van der Waals surface area contributed by atoms with E-state index < -0.39 is 5.41 Å². The molecule has 0 bridgehead atoms. The van der Waals surface area contributed by atoms with Crippen LogP contribution in [0.3, 0.4) is 0 Å². The number of rotatable bonds is 2. The highest BCUT2D eigenvalue weighted by molar-refractivity contribution is 6.05. The van der Waals surface area contributed by atoms with E-state index in [4.69, 9.17) is 0 Å². The summed E-state index contributed by atoms with van der Waals surface area (Å²) in [5.74, 6) is 0.00749. The quantitative estimate of drug-likeness (QED) is 0.783. The number of anilines is 1. The van der Waals surface area contributed by atoms with Crippen LogP contribution >= 0.6 is 0 Å². The third kappa shape index (κ3) is 3.35. The molecule has 1 heterocycles. The molecular weight excluding hydrogens is 266 g/mol. The van der Waals surface area contributed by atoms with Crippen molar-refractivity contribution in [1.82, 2.24) is 10.6 Å². The fraction of sp³-hybridized carbons (Fsp3) is 0.500. The Morgan fingerprint density at radius 2 is 1.95 bits per heavy atom. The lowest BCUT2D eigenvalue weighted by Crippen LogP contribution is -2.46. The van der Waals surface area contributed by atoms with Gasteiger partial charge >= 0.3 is 6.03 Å². The number of urea groups is 1. The van der Waals surface area contributed by atoms with Crippen LogP contribution in [0.15, 0.2) is 18.2 Å². The summed E-state index contributed by atoms with van der Waals surface area (Å²) < 4.78 is 0. The zero-order valence-corrected chi connectivity index (χ0v) is 13.3. The van der Waals surface area contributed by atoms with Crippen molar-refractivity contribution in [1.29, 1.82) is 0 Å². The number of hydrogen-bond acceptors (Lipinski definition) is 2. The van der Waals surface area contributed by atoms with Crippen molar-refractivity contribution >= 4 is 17.6 Å². The number of carbonyl (C=O) groups is 2. The fourth-order valence-electron chi connectivity index (χ4n) is 2.30. The molecule has 0 atom stereocenters. The van der Waals surface area contributed by atoms with Crippen molar-refractivity contribution in [3.8, 4) is 0 Å². The molecule has 2 rings (SSSR count). The zero-order chi connectivity index (χ0) is 15.8. The van der Waals surface area contributed by atoms with Crippen LogP contribution in [-0.4, -0.2) is 17.5 Å². The molecule has 1 aliphatic rings. The molecule has 3 amide bonds. The minimum absolute atomic E-state index is 0.00749. The maximum atomic E-state index is 11.9. The maximum absolute atomic E-state index is 11.9. The molecular formula is C16H23N3O2. The van der Waals surface area contributed by atoms with Crippen LogP contribution in [0.2, 0.25) is 0 Å². The molecule has 0 radical (unpaired) electrons. The molecule has 3 N–H and O–H groups in total.